The van der Waals surface area contributed by atoms with E-state index in [4.69, 9.17) is 7.98 Å². The van der Waals surface area contributed by atoms with Gasteiger partial charge >= 0.3 is 0 Å². The first-order valence-electron chi connectivity index (χ1n) is 2.60. The van der Waals surface area contributed by atoms with E-state index in [1.807, 2.05) is 5.23 Å². The number of hydrogen-bond acceptors (Lipinski definition) is 3. The van der Waals surface area contributed by atoms with E-state index in [9.17, 15) is 4.79 Å². The summed E-state index contributed by atoms with van der Waals surface area (Å²) in [4.78, 5) is 14.4. The molecule has 0 saturated carbocycles. The Labute approximate surface area is 66.4 Å². The monoisotopic (exact) mass is 154 g/mol. The van der Waals surface area contributed by atoms with Crippen molar-refractivity contribution in [3.8, 4) is 0 Å². The Morgan fingerprint density at radius 3 is 2.80 bits per heavy atom. The Morgan fingerprint density at radius 1 is 1.80 bits per heavy atom. The smallest absolute Gasteiger partial charge is 0.246 e. The van der Waals surface area contributed by atoms with Gasteiger partial charge in [-0.3, -0.25) is 9.79 Å². The highest BCUT2D eigenvalue weighted by Gasteiger charge is 1.98. The topological polar surface area (TPSA) is 41.5 Å². The maximum atomic E-state index is 10.6. The first-order chi connectivity index (χ1) is 4.72. The summed E-state index contributed by atoms with van der Waals surface area (Å²) in [6, 6.07) is 0. The molecule has 0 spiro atoms. The predicted molar refractivity (Wildman–Crippen MR) is 45.1 cm³/mol. The van der Waals surface area contributed by atoms with Crippen LogP contribution in [0.2, 0.25) is 0 Å². The fourth-order valence-electron chi connectivity index (χ4n) is 0.278. The molecule has 0 fully saturated rings. The van der Waals surface area contributed by atoms with Crippen LogP contribution in [0.3, 0.4) is 0 Å². The van der Waals surface area contributed by atoms with Crippen LogP contribution in [0.1, 0.15) is 6.92 Å². The molecule has 1 amide bonds. The number of rotatable bonds is 2. The van der Waals surface area contributed by atoms with Gasteiger partial charge in [-0.25, -0.2) is 0 Å². The van der Waals surface area contributed by atoms with Gasteiger partial charge in [-0.05, 0) is 6.92 Å². The van der Waals surface area contributed by atoms with Gasteiger partial charge in [0.25, 0.3) is 0 Å². The summed E-state index contributed by atoms with van der Waals surface area (Å²) in [5, 5.41) is 1.92. The Bertz CT molecular complexity index is 178. The van der Waals surface area contributed by atoms with Crippen molar-refractivity contribution in [3.05, 3.63) is 11.1 Å². The summed E-state index contributed by atoms with van der Waals surface area (Å²) < 4.78 is 0. The Hall–Kier alpha value is -0.705. The number of aliphatic imine (C=N–C) groups is 1. The van der Waals surface area contributed by atoms with Gasteiger partial charge in [-0.15, -0.1) is 12.6 Å². The molecule has 0 aromatic carbocycles. The molecular weight excluding hydrogens is 147 g/mol. The molecule has 0 bridgehead atoms. The molecule has 0 aliphatic carbocycles. The van der Waals surface area contributed by atoms with Crippen molar-refractivity contribution in [2.45, 2.75) is 6.92 Å². The zero-order valence-corrected chi connectivity index (χ0v) is 6.43. The third-order valence-corrected chi connectivity index (χ3v) is 1.03. The third-order valence-electron chi connectivity index (χ3n) is 0.710. The van der Waals surface area contributed by atoms with E-state index in [1.54, 1.807) is 13.1 Å². The minimum Gasteiger partial charge on any atom is -0.405 e. The fourth-order valence-corrected chi connectivity index (χ4v) is 0.409. The molecule has 0 rings (SSSR count). The van der Waals surface area contributed by atoms with Crippen molar-refractivity contribution in [2.75, 3.05) is 0 Å². The second-order valence-corrected chi connectivity index (χ2v) is 1.88. The average molecular weight is 154 g/mol. The van der Waals surface area contributed by atoms with Crippen molar-refractivity contribution < 1.29 is 4.79 Å². The fraction of sp³-hybridized carbons (Fsp3) is 0.200. The Morgan fingerprint density at radius 2 is 2.40 bits per heavy atom. The highest BCUT2D eigenvalue weighted by atomic mass is 32.1. The molecule has 0 aliphatic rings. The van der Waals surface area contributed by atoms with Gasteiger partial charge in [-0.2, -0.15) is 0 Å². The van der Waals surface area contributed by atoms with Crippen molar-refractivity contribution in [3.63, 3.8) is 0 Å². The van der Waals surface area contributed by atoms with Gasteiger partial charge in [0.15, 0.2) is 0 Å². The molecule has 3 nitrogen and oxygen atoms in total. The highest BCUT2D eigenvalue weighted by Crippen LogP contribution is 1.98. The van der Waals surface area contributed by atoms with Gasteiger partial charge in [0, 0.05) is 12.4 Å². The Kier molecular flexibility index (Phi) is 4.75. The van der Waals surface area contributed by atoms with Crippen LogP contribution in [0, 0.1) is 0 Å². The van der Waals surface area contributed by atoms with E-state index in [-0.39, 0.29) is 4.91 Å². The molecule has 0 heterocycles. The first-order valence-corrected chi connectivity index (χ1v) is 3.05. The lowest BCUT2D eigenvalue weighted by atomic mass is 10.4. The van der Waals surface area contributed by atoms with Crippen LogP contribution < -0.4 is 5.23 Å². The van der Waals surface area contributed by atoms with Crippen LogP contribution in [-0.4, -0.2) is 20.1 Å². The maximum absolute atomic E-state index is 10.6. The lowest BCUT2D eigenvalue weighted by molar-refractivity contribution is -0.115. The van der Waals surface area contributed by atoms with Crippen molar-refractivity contribution in [1.29, 1.82) is 0 Å². The number of hydrogen-bond donors (Lipinski definition) is 2. The molecule has 0 atom stereocenters. The van der Waals surface area contributed by atoms with E-state index in [0.29, 0.717) is 0 Å². The van der Waals surface area contributed by atoms with E-state index in [0.717, 1.165) is 0 Å². The number of carbonyl (C=O) groups is 1. The number of thiol groups is 1. The number of amides is 1. The van der Waals surface area contributed by atoms with Crippen molar-refractivity contribution in [2.24, 2.45) is 4.99 Å². The number of nitrogens with zero attached hydrogens (tertiary/aromatic N) is 1. The van der Waals surface area contributed by atoms with E-state index in [2.05, 4.69) is 17.6 Å². The van der Waals surface area contributed by atoms with Crippen LogP contribution in [0.25, 0.3) is 0 Å². The summed E-state index contributed by atoms with van der Waals surface area (Å²) >= 11 is 3.79. The SMILES string of the molecule is [B]NC(=O)/C(S)=C/N=CC. The van der Waals surface area contributed by atoms with E-state index >= 15 is 0 Å². The van der Waals surface area contributed by atoms with Crippen LogP contribution in [0.5, 0.6) is 0 Å². The molecule has 10 heavy (non-hydrogen) atoms. The van der Waals surface area contributed by atoms with Gasteiger partial charge in [0.2, 0.25) is 13.9 Å². The minimum absolute atomic E-state index is 0.181. The maximum Gasteiger partial charge on any atom is 0.246 e. The molecule has 0 aromatic heterocycles. The summed E-state index contributed by atoms with van der Waals surface area (Å²) in [5.41, 5.74) is 0. The van der Waals surface area contributed by atoms with Gasteiger partial charge in [0.1, 0.15) is 0 Å². The third kappa shape index (κ3) is 3.35. The molecule has 0 unspecified atom stereocenters. The molecule has 0 saturated heterocycles. The zero-order chi connectivity index (χ0) is 7.98. The molecule has 52 valence electrons. The van der Waals surface area contributed by atoms with Crippen LogP contribution in [0.4, 0.5) is 0 Å². The van der Waals surface area contributed by atoms with Gasteiger partial charge in [-0.1, -0.05) is 0 Å². The second kappa shape index (κ2) is 5.11. The molecule has 5 heteroatoms. The number of carbonyl (C=O) groups excluding carboxylic acids is 1. The van der Waals surface area contributed by atoms with Crippen LogP contribution >= 0.6 is 12.6 Å². The second-order valence-electron chi connectivity index (χ2n) is 1.40. The predicted octanol–water partition coefficient (Wildman–Crippen LogP) is 0.0480. The first kappa shape index (κ1) is 9.29. The lowest BCUT2D eigenvalue weighted by Crippen LogP contribution is -2.19. The van der Waals surface area contributed by atoms with Crippen LogP contribution in [0.15, 0.2) is 16.1 Å². The molecule has 0 aliphatic heterocycles. The quantitative estimate of drug-likeness (QED) is 0.251. The van der Waals surface area contributed by atoms with Gasteiger partial charge < -0.3 is 5.23 Å². The minimum atomic E-state index is -0.450. The summed E-state index contributed by atoms with van der Waals surface area (Å²) in [7, 11) is 4.80. The standard InChI is InChI=1S/C5H7BN2OS/c1-2-7-3-4(10)5(9)8-6/h2-3,10H,1H3,(H,8,9)/b4-3-,7-2?. The van der Waals surface area contributed by atoms with Crippen LogP contribution in [-0.2, 0) is 4.79 Å². The zero-order valence-electron chi connectivity index (χ0n) is 5.53. The van der Waals surface area contributed by atoms with E-state index in [1.165, 1.54) is 6.20 Å². The average Bonchev–Trinajstić information content (AvgIpc) is 1.98. The molecule has 1 N–H and O–H groups in total. The molecule has 0 aromatic rings. The highest BCUT2D eigenvalue weighted by molar-refractivity contribution is 7.85. The summed E-state index contributed by atoms with van der Waals surface area (Å²) in [6.45, 7) is 1.73. The van der Waals surface area contributed by atoms with Crippen molar-refractivity contribution in [1.82, 2.24) is 5.23 Å². The number of nitrogens with one attached hydrogen (secondary N) is 1. The van der Waals surface area contributed by atoms with E-state index < -0.39 is 5.91 Å². The normalized spacial score (nSPS) is 12.0. The Balaban J connectivity index is 4.05. The lowest BCUT2D eigenvalue weighted by Gasteiger charge is -1.93. The van der Waals surface area contributed by atoms with Gasteiger partial charge in [0.05, 0.1) is 4.91 Å². The largest absolute Gasteiger partial charge is 0.405 e. The summed E-state index contributed by atoms with van der Waals surface area (Å²) in [5.74, 6) is -0.450. The summed E-state index contributed by atoms with van der Waals surface area (Å²) in [6.07, 6.45) is 2.85. The molecule has 2 radical (unpaired) electrons. The molecular formula is C5H7BN2OS. The van der Waals surface area contributed by atoms with Crippen molar-refractivity contribution >= 4 is 32.7 Å².